The van der Waals surface area contributed by atoms with Gasteiger partial charge in [-0.3, -0.25) is 14.7 Å². The van der Waals surface area contributed by atoms with Crippen LogP contribution in [0.2, 0.25) is 0 Å². The number of guanidine groups is 1. The first-order valence-electron chi connectivity index (χ1n) is 11.8. The minimum absolute atomic E-state index is 0.271. The first-order chi connectivity index (χ1) is 15.7. The largest absolute Gasteiger partial charge is 0.354 e. The molecule has 0 aromatic heterocycles. The fourth-order valence-electron chi connectivity index (χ4n) is 4.58. The quantitative estimate of drug-likeness (QED) is 0.520. The number of likely N-dealkylation sites (tertiary alicyclic amines) is 2. The molecule has 0 radical (unpaired) electrons. The maximum atomic E-state index is 11.9. The van der Waals surface area contributed by atoms with Crippen molar-refractivity contribution in [1.82, 2.24) is 20.4 Å². The van der Waals surface area contributed by atoms with E-state index in [1.54, 1.807) is 0 Å². The first kappa shape index (κ1) is 22.3. The molecular weight excluding hydrogens is 398 g/mol. The van der Waals surface area contributed by atoms with E-state index in [0.29, 0.717) is 25.6 Å². The normalized spacial score (nSPS) is 18.2. The van der Waals surface area contributed by atoms with Crippen molar-refractivity contribution in [3.05, 3.63) is 71.3 Å². The lowest BCUT2D eigenvalue weighted by molar-refractivity contribution is -0.128. The molecule has 170 valence electrons. The molecule has 32 heavy (non-hydrogen) atoms. The van der Waals surface area contributed by atoms with Crippen molar-refractivity contribution >= 4 is 11.9 Å². The number of hydrogen-bond donors (Lipinski definition) is 2. The van der Waals surface area contributed by atoms with Gasteiger partial charge < -0.3 is 15.5 Å². The number of benzene rings is 2. The van der Waals surface area contributed by atoms with Gasteiger partial charge in [-0.2, -0.15) is 0 Å². The van der Waals surface area contributed by atoms with Gasteiger partial charge in [0.25, 0.3) is 0 Å². The molecule has 0 bridgehead atoms. The molecule has 2 fully saturated rings. The lowest BCUT2D eigenvalue weighted by Crippen LogP contribution is -2.48. The molecule has 2 aromatic rings. The van der Waals surface area contributed by atoms with E-state index in [1.807, 2.05) is 11.9 Å². The van der Waals surface area contributed by atoms with Crippen LogP contribution in [0.25, 0.3) is 0 Å². The van der Waals surface area contributed by atoms with E-state index in [-0.39, 0.29) is 5.91 Å². The van der Waals surface area contributed by atoms with E-state index < -0.39 is 0 Å². The minimum Gasteiger partial charge on any atom is -0.354 e. The van der Waals surface area contributed by atoms with Crippen LogP contribution in [-0.4, -0.2) is 54.4 Å². The SMILES string of the molecule is CN=C(NCc1cccc(CN2CCCC2=O)c1)NC1CCN(Cc2ccccc2)CC1. The van der Waals surface area contributed by atoms with Crippen LogP contribution in [0, 0.1) is 0 Å². The molecule has 0 aliphatic carbocycles. The molecule has 0 spiro atoms. The fourth-order valence-corrected chi connectivity index (χ4v) is 4.58. The zero-order valence-electron chi connectivity index (χ0n) is 19.1. The van der Waals surface area contributed by atoms with E-state index in [9.17, 15) is 4.79 Å². The Hall–Kier alpha value is -2.86. The molecule has 2 aliphatic rings. The number of carbonyl (C=O) groups excluding carboxylic acids is 1. The Bertz CT molecular complexity index is 905. The van der Waals surface area contributed by atoms with E-state index in [0.717, 1.165) is 51.4 Å². The Kier molecular flexibility index (Phi) is 7.77. The van der Waals surface area contributed by atoms with Crippen LogP contribution in [0.15, 0.2) is 59.6 Å². The summed E-state index contributed by atoms with van der Waals surface area (Å²) in [5, 5.41) is 7.06. The highest BCUT2D eigenvalue weighted by molar-refractivity contribution is 5.80. The van der Waals surface area contributed by atoms with Gasteiger partial charge in [0.15, 0.2) is 5.96 Å². The Morgan fingerprint density at radius 2 is 1.72 bits per heavy atom. The third-order valence-electron chi connectivity index (χ3n) is 6.40. The summed E-state index contributed by atoms with van der Waals surface area (Å²) < 4.78 is 0. The number of amides is 1. The average Bonchev–Trinajstić information content (AvgIpc) is 3.23. The number of nitrogens with one attached hydrogen (secondary N) is 2. The molecule has 2 aromatic carbocycles. The summed E-state index contributed by atoms with van der Waals surface area (Å²) in [5.41, 5.74) is 3.77. The second kappa shape index (κ2) is 11.1. The van der Waals surface area contributed by atoms with Crippen molar-refractivity contribution in [3.8, 4) is 0 Å². The van der Waals surface area contributed by atoms with Crippen LogP contribution in [0.4, 0.5) is 0 Å². The zero-order valence-corrected chi connectivity index (χ0v) is 19.1. The molecule has 2 heterocycles. The summed E-state index contributed by atoms with van der Waals surface area (Å²) in [6.07, 6.45) is 3.90. The number of rotatable bonds is 7. The van der Waals surface area contributed by atoms with Gasteiger partial charge in [0.1, 0.15) is 0 Å². The average molecular weight is 434 g/mol. The number of hydrogen-bond acceptors (Lipinski definition) is 3. The Balaban J connectivity index is 1.21. The van der Waals surface area contributed by atoms with Crippen LogP contribution in [-0.2, 0) is 24.4 Å². The number of nitrogens with zero attached hydrogens (tertiary/aromatic N) is 3. The van der Waals surface area contributed by atoms with Gasteiger partial charge in [-0.25, -0.2) is 0 Å². The molecule has 1 amide bonds. The molecule has 4 rings (SSSR count). The van der Waals surface area contributed by atoms with Crippen molar-refractivity contribution in [2.45, 2.75) is 51.4 Å². The van der Waals surface area contributed by atoms with E-state index in [2.05, 4.69) is 75.1 Å². The topological polar surface area (TPSA) is 60.0 Å². The minimum atomic E-state index is 0.271. The molecular formula is C26H35N5O. The summed E-state index contributed by atoms with van der Waals surface area (Å²) >= 11 is 0. The summed E-state index contributed by atoms with van der Waals surface area (Å²) in [4.78, 5) is 20.8. The van der Waals surface area contributed by atoms with Crippen LogP contribution in [0.3, 0.4) is 0 Å². The van der Waals surface area contributed by atoms with Crippen LogP contribution < -0.4 is 10.6 Å². The second-order valence-corrected chi connectivity index (χ2v) is 8.84. The highest BCUT2D eigenvalue weighted by Crippen LogP contribution is 2.16. The van der Waals surface area contributed by atoms with Crippen molar-refractivity contribution in [3.63, 3.8) is 0 Å². The van der Waals surface area contributed by atoms with Crippen molar-refractivity contribution in [2.75, 3.05) is 26.7 Å². The van der Waals surface area contributed by atoms with Gasteiger partial charge in [-0.05, 0) is 36.0 Å². The molecule has 0 atom stereocenters. The molecule has 0 saturated carbocycles. The van der Waals surface area contributed by atoms with Gasteiger partial charge in [-0.15, -0.1) is 0 Å². The highest BCUT2D eigenvalue weighted by atomic mass is 16.2. The highest BCUT2D eigenvalue weighted by Gasteiger charge is 2.21. The molecule has 2 N–H and O–H groups in total. The number of piperidine rings is 1. The van der Waals surface area contributed by atoms with Gasteiger partial charge in [0.2, 0.25) is 5.91 Å². The Labute approximate surface area is 191 Å². The monoisotopic (exact) mass is 433 g/mol. The summed E-state index contributed by atoms with van der Waals surface area (Å²) in [6, 6.07) is 19.6. The van der Waals surface area contributed by atoms with Gasteiger partial charge >= 0.3 is 0 Å². The van der Waals surface area contributed by atoms with E-state index in [1.165, 1.54) is 16.7 Å². The van der Waals surface area contributed by atoms with Crippen LogP contribution >= 0.6 is 0 Å². The molecule has 6 heteroatoms. The fraction of sp³-hybridized carbons (Fsp3) is 0.462. The summed E-state index contributed by atoms with van der Waals surface area (Å²) in [5.74, 6) is 1.12. The zero-order chi connectivity index (χ0) is 22.2. The predicted molar refractivity (Wildman–Crippen MR) is 129 cm³/mol. The van der Waals surface area contributed by atoms with E-state index >= 15 is 0 Å². The van der Waals surface area contributed by atoms with E-state index in [4.69, 9.17) is 0 Å². The molecule has 2 saturated heterocycles. The molecule has 6 nitrogen and oxygen atoms in total. The summed E-state index contributed by atoms with van der Waals surface area (Å²) in [6.45, 7) is 5.53. The lowest BCUT2D eigenvalue weighted by Gasteiger charge is -2.33. The third kappa shape index (κ3) is 6.33. The molecule has 2 aliphatic heterocycles. The van der Waals surface area contributed by atoms with Crippen molar-refractivity contribution < 1.29 is 4.79 Å². The van der Waals surface area contributed by atoms with Gasteiger partial charge in [0.05, 0.1) is 0 Å². The number of aliphatic imine (C=N–C) groups is 1. The maximum absolute atomic E-state index is 11.9. The van der Waals surface area contributed by atoms with Crippen molar-refractivity contribution in [2.24, 2.45) is 4.99 Å². The Morgan fingerprint density at radius 1 is 0.969 bits per heavy atom. The predicted octanol–water partition coefficient (Wildman–Crippen LogP) is 3.14. The van der Waals surface area contributed by atoms with Gasteiger partial charge in [-0.1, -0.05) is 54.6 Å². The third-order valence-corrected chi connectivity index (χ3v) is 6.40. The standard InChI is InChI=1S/C26H35N5O/c1-27-26(29-24-12-15-30(16-13-24)19-21-7-3-2-4-8-21)28-18-22-9-5-10-23(17-22)20-31-14-6-11-25(31)32/h2-5,7-10,17,24H,6,11-16,18-20H2,1H3,(H2,27,28,29). The van der Waals surface area contributed by atoms with Crippen LogP contribution in [0.1, 0.15) is 42.4 Å². The lowest BCUT2D eigenvalue weighted by atomic mass is 10.0. The summed E-state index contributed by atoms with van der Waals surface area (Å²) in [7, 11) is 1.83. The number of carbonyl (C=O) groups is 1. The maximum Gasteiger partial charge on any atom is 0.222 e. The Morgan fingerprint density at radius 3 is 2.44 bits per heavy atom. The van der Waals surface area contributed by atoms with Crippen LogP contribution in [0.5, 0.6) is 0 Å². The first-order valence-corrected chi connectivity index (χ1v) is 11.8. The van der Waals surface area contributed by atoms with Crippen molar-refractivity contribution in [1.29, 1.82) is 0 Å². The van der Waals surface area contributed by atoms with Gasteiger partial charge in [0, 0.05) is 58.8 Å². The second-order valence-electron chi connectivity index (χ2n) is 8.84. The molecule has 0 unspecified atom stereocenters. The smallest absolute Gasteiger partial charge is 0.222 e.